The molecular formula is C6H12N2O2. The molecule has 0 aromatic carbocycles. The van der Waals surface area contributed by atoms with Gasteiger partial charge in [0, 0.05) is 6.54 Å². The van der Waals surface area contributed by atoms with Gasteiger partial charge >= 0.3 is 0 Å². The van der Waals surface area contributed by atoms with Gasteiger partial charge in [-0.1, -0.05) is 0 Å². The first kappa shape index (κ1) is 7.50. The van der Waals surface area contributed by atoms with Crippen molar-refractivity contribution in [1.82, 2.24) is 5.32 Å². The zero-order chi connectivity index (χ0) is 7.56. The fourth-order valence-corrected chi connectivity index (χ4v) is 1.05. The number of carbonyl (C=O) groups excluding carboxylic acids is 1. The minimum absolute atomic E-state index is 0.0914. The lowest BCUT2D eigenvalue weighted by Gasteiger charge is -2.27. The Kier molecular flexibility index (Phi) is 2.24. The molecule has 1 amide bonds. The van der Waals surface area contributed by atoms with Crippen molar-refractivity contribution in [3.63, 3.8) is 0 Å². The van der Waals surface area contributed by atoms with Crippen LogP contribution in [-0.2, 0) is 9.53 Å². The van der Waals surface area contributed by atoms with Crippen LogP contribution in [0.15, 0.2) is 0 Å². The highest BCUT2D eigenvalue weighted by Gasteiger charge is 2.25. The first-order valence-electron chi connectivity index (χ1n) is 3.36. The summed E-state index contributed by atoms with van der Waals surface area (Å²) in [5.74, 6) is -0.341. The van der Waals surface area contributed by atoms with Gasteiger partial charge in [0.2, 0.25) is 5.91 Å². The third-order valence-electron chi connectivity index (χ3n) is 1.62. The van der Waals surface area contributed by atoms with Crippen LogP contribution in [0.3, 0.4) is 0 Å². The molecule has 4 heteroatoms. The van der Waals surface area contributed by atoms with Crippen LogP contribution in [0.1, 0.15) is 6.92 Å². The smallest absolute Gasteiger partial charge is 0.237 e. The van der Waals surface area contributed by atoms with Crippen molar-refractivity contribution in [2.45, 2.75) is 19.1 Å². The van der Waals surface area contributed by atoms with Gasteiger partial charge in [-0.2, -0.15) is 0 Å². The van der Waals surface area contributed by atoms with Crippen molar-refractivity contribution in [2.24, 2.45) is 5.73 Å². The molecule has 0 unspecified atom stereocenters. The summed E-state index contributed by atoms with van der Waals surface area (Å²) in [6, 6.07) is -0.311. The second-order valence-corrected chi connectivity index (χ2v) is 2.41. The Bertz CT molecular complexity index is 138. The average molecular weight is 144 g/mol. The third-order valence-corrected chi connectivity index (χ3v) is 1.62. The number of hydrogen-bond acceptors (Lipinski definition) is 3. The highest BCUT2D eigenvalue weighted by Crippen LogP contribution is 2.02. The maximum atomic E-state index is 10.6. The van der Waals surface area contributed by atoms with Gasteiger partial charge < -0.3 is 15.8 Å². The number of primary amides is 1. The predicted molar refractivity (Wildman–Crippen MR) is 36.4 cm³/mol. The minimum Gasteiger partial charge on any atom is -0.375 e. The van der Waals surface area contributed by atoms with Crippen molar-refractivity contribution in [2.75, 3.05) is 13.2 Å². The van der Waals surface area contributed by atoms with Gasteiger partial charge in [-0.3, -0.25) is 4.79 Å². The average Bonchev–Trinajstić information content (AvgIpc) is 1.88. The molecule has 1 aliphatic heterocycles. The number of hydrogen-bond donors (Lipinski definition) is 2. The largest absolute Gasteiger partial charge is 0.375 e. The molecule has 1 heterocycles. The highest BCUT2D eigenvalue weighted by molar-refractivity contribution is 5.80. The number of carbonyl (C=O) groups is 1. The summed E-state index contributed by atoms with van der Waals surface area (Å²) in [6.07, 6.45) is -0.0914. The predicted octanol–water partition coefficient (Wildman–Crippen LogP) is -1.15. The van der Waals surface area contributed by atoms with Gasteiger partial charge in [0.25, 0.3) is 0 Å². The van der Waals surface area contributed by atoms with Crippen LogP contribution in [0.2, 0.25) is 0 Å². The van der Waals surface area contributed by atoms with Gasteiger partial charge in [0.1, 0.15) is 6.04 Å². The van der Waals surface area contributed by atoms with E-state index in [4.69, 9.17) is 10.5 Å². The van der Waals surface area contributed by atoms with Gasteiger partial charge in [-0.15, -0.1) is 0 Å². The third kappa shape index (κ3) is 1.46. The summed E-state index contributed by atoms with van der Waals surface area (Å²) >= 11 is 0. The van der Waals surface area contributed by atoms with E-state index in [-0.39, 0.29) is 18.1 Å². The Morgan fingerprint density at radius 2 is 2.50 bits per heavy atom. The maximum Gasteiger partial charge on any atom is 0.237 e. The zero-order valence-electron chi connectivity index (χ0n) is 5.96. The number of nitrogens with two attached hydrogens (primary N) is 1. The zero-order valence-corrected chi connectivity index (χ0v) is 5.96. The summed E-state index contributed by atoms with van der Waals surface area (Å²) in [6.45, 7) is 3.20. The molecule has 1 saturated heterocycles. The minimum atomic E-state index is -0.341. The monoisotopic (exact) mass is 144 g/mol. The van der Waals surface area contributed by atoms with E-state index in [9.17, 15) is 4.79 Å². The second kappa shape index (κ2) is 2.98. The summed E-state index contributed by atoms with van der Waals surface area (Å²) in [5, 5.41) is 2.97. The summed E-state index contributed by atoms with van der Waals surface area (Å²) in [4.78, 5) is 10.6. The first-order valence-corrected chi connectivity index (χ1v) is 3.36. The number of morpholine rings is 1. The van der Waals surface area contributed by atoms with Crippen LogP contribution in [0.5, 0.6) is 0 Å². The molecule has 0 radical (unpaired) electrons. The quantitative estimate of drug-likeness (QED) is 0.488. The highest BCUT2D eigenvalue weighted by atomic mass is 16.5. The van der Waals surface area contributed by atoms with E-state index in [1.165, 1.54) is 0 Å². The van der Waals surface area contributed by atoms with Gasteiger partial charge in [0.15, 0.2) is 0 Å². The van der Waals surface area contributed by atoms with E-state index in [0.717, 1.165) is 0 Å². The Balaban J connectivity index is 2.47. The molecule has 2 atom stereocenters. The van der Waals surface area contributed by atoms with Crippen LogP contribution >= 0.6 is 0 Å². The second-order valence-electron chi connectivity index (χ2n) is 2.41. The topological polar surface area (TPSA) is 64.3 Å². The lowest BCUT2D eigenvalue weighted by Crippen LogP contribution is -2.54. The van der Waals surface area contributed by atoms with E-state index in [0.29, 0.717) is 13.2 Å². The van der Waals surface area contributed by atoms with Crippen LogP contribution < -0.4 is 11.1 Å². The van der Waals surface area contributed by atoms with E-state index < -0.39 is 0 Å². The van der Waals surface area contributed by atoms with E-state index in [2.05, 4.69) is 5.32 Å². The first-order chi connectivity index (χ1) is 4.72. The molecule has 0 bridgehead atoms. The molecule has 10 heavy (non-hydrogen) atoms. The molecule has 1 aliphatic rings. The SMILES string of the molecule is C[C@@H]1OCCN[C@H]1C(N)=O. The Hall–Kier alpha value is -0.610. The van der Waals surface area contributed by atoms with Crippen molar-refractivity contribution < 1.29 is 9.53 Å². The molecule has 1 fully saturated rings. The Morgan fingerprint density at radius 3 is 2.90 bits per heavy atom. The molecule has 4 nitrogen and oxygen atoms in total. The molecule has 0 aromatic heterocycles. The van der Waals surface area contributed by atoms with Gasteiger partial charge in [0.05, 0.1) is 12.7 Å². The van der Waals surface area contributed by atoms with E-state index in [1.54, 1.807) is 0 Å². The van der Waals surface area contributed by atoms with Crippen LogP contribution in [0, 0.1) is 0 Å². The van der Waals surface area contributed by atoms with Crippen LogP contribution in [0.25, 0.3) is 0 Å². The van der Waals surface area contributed by atoms with Gasteiger partial charge in [-0.25, -0.2) is 0 Å². The molecule has 0 aromatic rings. The molecule has 0 saturated carbocycles. The summed E-state index contributed by atoms with van der Waals surface area (Å²) in [7, 11) is 0. The van der Waals surface area contributed by atoms with E-state index >= 15 is 0 Å². The van der Waals surface area contributed by atoms with Crippen LogP contribution in [-0.4, -0.2) is 31.2 Å². The molecule has 0 spiro atoms. The normalized spacial score (nSPS) is 33.7. The fraction of sp³-hybridized carbons (Fsp3) is 0.833. The van der Waals surface area contributed by atoms with Gasteiger partial charge in [-0.05, 0) is 6.92 Å². The Labute approximate surface area is 59.7 Å². The maximum absolute atomic E-state index is 10.6. The summed E-state index contributed by atoms with van der Waals surface area (Å²) in [5.41, 5.74) is 5.08. The fourth-order valence-electron chi connectivity index (χ4n) is 1.05. The van der Waals surface area contributed by atoms with Crippen molar-refractivity contribution in [1.29, 1.82) is 0 Å². The number of ether oxygens (including phenoxy) is 1. The molecule has 58 valence electrons. The number of amides is 1. The van der Waals surface area contributed by atoms with E-state index in [1.807, 2.05) is 6.92 Å². The molecular weight excluding hydrogens is 132 g/mol. The number of nitrogens with one attached hydrogen (secondary N) is 1. The lowest BCUT2D eigenvalue weighted by atomic mass is 10.1. The molecule has 0 aliphatic carbocycles. The van der Waals surface area contributed by atoms with Crippen molar-refractivity contribution in [3.8, 4) is 0 Å². The number of rotatable bonds is 1. The van der Waals surface area contributed by atoms with Crippen LogP contribution in [0.4, 0.5) is 0 Å². The van der Waals surface area contributed by atoms with Crippen molar-refractivity contribution >= 4 is 5.91 Å². The molecule has 3 N–H and O–H groups in total. The standard InChI is InChI=1S/C6H12N2O2/c1-4-5(6(7)9)8-2-3-10-4/h4-5,8H,2-3H2,1H3,(H2,7,9)/t4-,5+/m0/s1. The summed E-state index contributed by atoms with van der Waals surface area (Å²) < 4.78 is 5.19. The molecule has 1 rings (SSSR count). The van der Waals surface area contributed by atoms with Crippen molar-refractivity contribution in [3.05, 3.63) is 0 Å². The lowest BCUT2D eigenvalue weighted by molar-refractivity contribution is -0.125. The Morgan fingerprint density at radius 1 is 1.80 bits per heavy atom.